The molecule has 1 aromatic carbocycles. The molecule has 0 radical (unpaired) electrons. The van der Waals surface area contributed by atoms with E-state index in [0.29, 0.717) is 11.4 Å². The van der Waals surface area contributed by atoms with Crippen molar-refractivity contribution in [3.8, 4) is 11.5 Å². The quantitative estimate of drug-likeness (QED) is 0.919. The second kappa shape index (κ2) is 5.16. The van der Waals surface area contributed by atoms with E-state index < -0.39 is 0 Å². The van der Waals surface area contributed by atoms with Gasteiger partial charge in [-0.15, -0.1) is 0 Å². The van der Waals surface area contributed by atoms with Crippen molar-refractivity contribution in [2.24, 2.45) is 0 Å². The van der Waals surface area contributed by atoms with E-state index in [1.165, 1.54) is 18.6 Å². The van der Waals surface area contributed by atoms with Crippen molar-refractivity contribution in [3.63, 3.8) is 0 Å². The van der Waals surface area contributed by atoms with Crippen LogP contribution in [0.5, 0.6) is 11.5 Å². The van der Waals surface area contributed by atoms with Gasteiger partial charge in [-0.3, -0.25) is 9.78 Å². The summed E-state index contributed by atoms with van der Waals surface area (Å²) in [6.45, 7) is 2.13. The lowest BCUT2D eigenvalue weighted by atomic mass is 10.1. The number of fused-ring (bicyclic) bond motifs is 1. The minimum Gasteiger partial charge on any atom is -0.454 e. The van der Waals surface area contributed by atoms with E-state index in [-0.39, 0.29) is 18.7 Å². The molecule has 0 bridgehead atoms. The monoisotopic (exact) mass is 271 g/mol. The molecule has 1 amide bonds. The molecule has 102 valence electrons. The summed E-state index contributed by atoms with van der Waals surface area (Å²) in [5.74, 6) is 1.16. The average molecular weight is 271 g/mol. The fraction of sp³-hybridized carbons (Fsp3) is 0.214. The number of rotatable bonds is 3. The maximum atomic E-state index is 12.0. The van der Waals surface area contributed by atoms with E-state index in [0.717, 1.165) is 11.3 Å². The van der Waals surface area contributed by atoms with Crippen molar-refractivity contribution in [1.82, 2.24) is 15.3 Å². The predicted molar refractivity (Wildman–Crippen MR) is 70.5 cm³/mol. The van der Waals surface area contributed by atoms with Crippen molar-refractivity contribution >= 4 is 5.91 Å². The van der Waals surface area contributed by atoms with Crippen LogP contribution in [0.4, 0.5) is 0 Å². The van der Waals surface area contributed by atoms with Crippen molar-refractivity contribution in [2.75, 3.05) is 6.79 Å². The summed E-state index contributed by atoms with van der Waals surface area (Å²) in [7, 11) is 0. The number of carbonyl (C=O) groups is 1. The highest BCUT2D eigenvalue weighted by atomic mass is 16.7. The second-order valence-corrected chi connectivity index (χ2v) is 4.40. The number of ether oxygens (including phenoxy) is 2. The first-order valence-electron chi connectivity index (χ1n) is 6.20. The van der Waals surface area contributed by atoms with Gasteiger partial charge in [0, 0.05) is 12.4 Å². The van der Waals surface area contributed by atoms with Crippen molar-refractivity contribution in [3.05, 3.63) is 48.0 Å². The van der Waals surface area contributed by atoms with Gasteiger partial charge in [-0.25, -0.2) is 4.98 Å². The Kier molecular flexibility index (Phi) is 3.20. The first-order chi connectivity index (χ1) is 9.74. The summed E-state index contributed by atoms with van der Waals surface area (Å²) in [4.78, 5) is 19.8. The van der Waals surface area contributed by atoms with Crippen LogP contribution in [0.1, 0.15) is 29.0 Å². The molecular formula is C14H13N3O3. The number of amides is 1. The molecule has 1 N–H and O–H groups in total. The van der Waals surface area contributed by atoms with Crippen LogP contribution in [-0.4, -0.2) is 22.7 Å². The van der Waals surface area contributed by atoms with E-state index in [9.17, 15) is 4.79 Å². The smallest absolute Gasteiger partial charge is 0.271 e. The Hall–Kier alpha value is -2.63. The predicted octanol–water partition coefficient (Wildman–Crippen LogP) is 1.70. The minimum absolute atomic E-state index is 0.168. The SMILES string of the molecule is C[C@@H](NC(=O)c1cnccn1)c1ccc2c(c1)OCO2. The third-order valence-electron chi connectivity index (χ3n) is 3.04. The summed E-state index contributed by atoms with van der Waals surface area (Å²) in [5, 5.41) is 2.87. The van der Waals surface area contributed by atoms with Gasteiger partial charge in [0.2, 0.25) is 6.79 Å². The summed E-state index contributed by atoms with van der Waals surface area (Å²) in [6, 6.07) is 5.43. The number of nitrogens with zero attached hydrogens (tertiary/aromatic N) is 2. The average Bonchev–Trinajstić information content (AvgIpc) is 2.95. The van der Waals surface area contributed by atoms with Crippen molar-refractivity contribution in [2.45, 2.75) is 13.0 Å². The zero-order valence-electron chi connectivity index (χ0n) is 10.9. The number of nitrogens with one attached hydrogen (secondary N) is 1. The molecule has 6 heteroatoms. The van der Waals surface area contributed by atoms with E-state index in [1.807, 2.05) is 25.1 Å². The Labute approximate surface area is 115 Å². The lowest BCUT2D eigenvalue weighted by Gasteiger charge is -2.14. The Bertz CT molecular complexity index is 631. The van der Waals surface area contributed by atoms with Crippen LogP contribution in [0, 0.1) is 0 Å². The van der Waals surface area contributed by atoms with Gasteiger partial charge >= 0.3 is 0 Å². The summed E-state index contributed by atoms with van der Waals surface area (Å²) in [5.41, 5.74) is 1.23. The molecule has 1 aliphatic rings. The van der Waals surface area contributed by atoms with Gasteiger partial charge in [0.15, 0.2) is 11.5 Å². The summed E-state index contributed by atoms with van der Waals surface area (Å²) >= 11 is 0. The second-order valence-electron chi connectivity index (χ2n) is 4.40. The Balaban J connectivity index is 1.73. The minimum atomic E-state index is -0.261. The van der Waals surface area contributed by atoms with Crippen LogP contribution < -0.4 is 14.8 Å². The molecule has 6 nitrogen and oxygen atoms in total. The lowest BCUT2D eigenvalue weighted by Crippen LogP contribution is -2.27. The van der Waals surface area contributed by atoms with Gasteiger partial charge in [-0.2, -0.15) is 0 Å². The molecule has 2 aromatic rings. The molecule has 3 rings (SSSR count). The topological polar surface area (TPSA) is 73.3 Å². The third-order valence-corrected chi connectivity index (χ3v) is 3.04. The molecule has 1 aromatic heterocycles. The summed E-state index contributed by atoms with van der Waals surface area (Å²) in [6.07, 6.45) is 4.44. The molecule has 0 fully saturated rings. The van der Waals surface area contributed by atoms with Crippen LogP contribution >= 0.6 is 0 Å². The molecule has 0 saturated heterocycles. The largest absolute Gasteiger partial charge is 0.454 e. The van der Waals surface area contributed by atoms with E-state index >= 15 is 0 Å². The molecule has 2 heterocycles. The number of hydrogen-bond acceptors (Lipinski definition) is 5. The van der Waals surface area contributed by atoms with Crippen molar-refractivity contribution < 1.29 is 14.3 Å². The fourth-order valence-electron chi connectivity index (χ4n) is 1.95. The maximum Gasteiger partial charge on any atom is 0.271 e. The van der Waals surface area contributed by atoms with Gasteiger partial charge in [-0.05, 0) is 24.6 Å². The molecule has 20 heavy (non-hydrogen) atoms. The van der Waals surface area contributed by atoms with Crippen molar-refractivity contribution in [1.29, 1.82) is 0 Å². The molecule has 1 aliphatic heterocycles. The van der Waals surface area contributed by atoms with Gasteiger partial charge in [0.05, 0.1) is 12.2 Å². The van der Waals surface area contributed by atoms with Crippen LogP contribution in [0.3, 0.4) is 0 Å². The normalized spacial score (nSPS) is 13.8. The highest BCUT2D eigenvalue weighted by Crippen LogP contribution is 2.34. The Morgan fingerprint density at radius 3 is 2.95 bits per heavy atom. The van der Waals surface area contributed by atoms with Crippen LogP contribution in [0.15, 0.2) is 36.8 Å². The van der Waals surface area contributed by atoms with Crippen LogP contribution in [-0.2, 0) is 0 Å². The fourth-order valence-corrected chi connectivity index (χ4v) is 1.95. The Morgan fingerprint density at radius 1 is 1.30 bits per heavy atom. The zero-order chi connectivity index (χ0) is 13.9. The van der Waals surface area contributed by atoms with E-state index in [4.69, 9.17) is 9.47 Å². The number of aromatic nitrogens is 2. The molecule has 0 saturated carbocycles. The maximum absolute atomic E-state index is 12.0. The Morgan fingerprint density at radius 2 is 2.15 bits per heavy atom. The zero-order valence-corrected chi connectivity index (χ0v) is 10.9. The standard InChI is InChI=1S/C14H13N3O3/c1-9(17-14(18)11-7-15-4-5-16-11)10-2-3-12-13(6-10)20-8-19-12/h2-7,9H,8H2,1H3,(H,17,18)/t9-/m1/s1. The molecule has 0 spiro atoms. The van der Waals surface area contributed by atoms with Gasteiger partial charge < -0.3 is 14.8 Å². The van der Waals surface area contributed by atoms with Crippen LogP contribution in [0.2, 0.25) is 0 Å². The number of carbonyl (C=O) groups excluding carboxylic acids is 1. The lowest BCUT2D eigenvalue weighted by molar-refractivity contribution is 0.0934. The van der Waals surface area contributed by atoms with E-state index in [1.54, 1.807) is 0 Å². The highest BCUT2D eigenvalue weighted by Gasteiger charge is 2.17. The first-order valence-corrected chi connectivity index (χ1v) is 6.20. The number of hydrogen-bond donors (Lipinski definition) is 1. The molecule has 0 aliphatic carbocycles. The molecule has 1 atom stereocenters. The van der Waals surface area contributed by atoms with E-state index in [2.05, 4.69) is 15.3 Å². The summed E-state index contributed by atoms with van der Waals surface area (Å²) < 4.78 is 10.6. The van der Waals surface area contributed by atoms with Gasteiger partial charge in [0.25, 0.3) is 5.91 Å². The highest BCUT2D eigenvalue weighted by molar-refractivity contribution is 5.92. The third kappa shape index (κ3) is 2.40. The molecule has 0 unspecified atom stereocenters. The van der Waals surface area contributed by atoms with Gasteiger partial charge in [0.1, 0.15) is 5.69 Å². The van der Waals surface area contributed by atoms with Gasteiger partial charge in [-0.1, -0.05) is 6.07 Å². The molecular weight excluding hydrogens is 258 g/mol. The number of benzene rings is 1. The first kappa shape index (κ1) is 12.4. The van der Waals surface area contributed by atoms with Crippen LogP contribution in [0.25, 0.3) is 0 Å².